The van der Waals surface area contributed by atoms with E-state index in [-0.39, 0.29) is 76.5 Å². The Bertz CT molecular complexity index is 8.00. The van der Waals surface area contributed by atoms with Crippen molar-refractivity contribution in [2.24, 2.45) is 0 Å². The average Bonchev–Trinajstić information content (AvgIpc) is 1.00. The maximum absolute atomic E-state index is 7.81. The van der Waals surface area contributed by atoms with Crippen molar-refractivity contribution < 1.29 is 47.4 Å². The van der Waals surface area contributed by atoms with Gasteiger partial charge < -0.3 is 0 Å². The van der Waals surface area contributed by atoms with Crippen molar-refractivity contribution in [2.75, 3.05) is 0 Å². The monoisotopic (exact) mass is 421 g/mol. The van der Waals surface area contributed by atoms with Gasteiger partial charge in [0.2, 0.25) is 0 Å². The van der Waals surface area contributed by atoms with Gasteiger partial charge in [0.05, 0.1) is 0 Å². The van der Waals surface area contributed by atoms with Gasteiger partial charge in [0.25, 0.3) is 0 Å². The second-order valence-corrected chi connectivity index (χ2v) is 0. The van der Waals surface area contributed by atoms with Crippen LogP contribution < -0.4 is 0 Å². The van der Waals surface area contributed by atoms with Crippen molar-refractivity contribution in [1.82, 2.24) is 0 Å². The molecule has 0 aromatic heterocycles. The molecule has 0 aromatic carbocycles. The summed E-state index contributed by atoms with van der Waals surface area (Å²) in [6, 6.07) is 0. The standard InChI is InChI=1S/Ba.Cu.Hg.O.2H. The molecule has 4 heavy (non-hydrogen) atoms. The molecule has 0 fully saturated rings. The Kier molecular flexibility index (Phi) is 67.2. The van der Waals surface area contributed by atoms with Crippen LogP contribution in [0.1, 0.15) is 0 Å². The van der Waals surface area contributed by atoms with Crippen LogP contribution in [0.4, 0.5) is 0 Å². The number of rotatable bonds is 0. The minimum absolute atomic E-state index is 0. The molecule has 0 atom stereocenters. The molecule has 23 valence electrons. The first-order valence-electron chi connectivity index (χ1n) is 0.123. The Morgan fingerprint density at radius 3 is 1.25 bits per heavy atom. The molecule has 0 heterocycles. The first-order valence-corrected chi connectivity index (χ1v) is 0.508. The van der Waals surface area contributed by atoms with Gasteiger partial charge in [-0.15, -0.1) is 0 Å². The van der Waals surface area contributed by atoms with E-state index in [1.54, 1.807) is 0 Å². The zero-order valence-electron chi connectivity index (χ0n) is 1.42. The van der Waals surface area contributed by atoms with E-state index in [1.807, 2.05) is 0 Å². The predicted molar refractivity (Wildman–Crippen MR) is 9.23 cm³/mol. The summed E-state index contributed by atoms with van der Waals surface area (Å²) >= 11 is 2.94. The summed E-state index contributed by atoms with van der Waals surface area (Å²) in [4.78, 5) is 0. The number of hydrogen-bond donors (Lipinski definition) is 0. The van der Waals surface area contributed by atoms with E-state index < -0.39 is 0 Å². The van der Waals surface area contributed by atoms with Gasteiger partial charge in [-0.05, 0) is 0 Å². The Balaban J connectivity index is -0.00000000500. The molecule has 0 spiro atoms. The third-order valence-corrected chi connectivity index (χ3v) is 0. The molecule has 0 saturated carbocycles. The van der Waals surface area contributed by atoms with E-state index in [9.17, 15) is 0 Å². The van der Waals surface area contributed by atoms with Gasteiger partial charge in [0.1, 0.15) is 0 Å². The third kappa shape index (κ3) is 8.85. The Hall–Kier alpha value is 2.83. The van der Waals surface area contributed by atoms with E-state index in [2.05, 4.69) is 15.9 Å². The SMILES string of the molecule is [BaH2].[Hg].[O]=[Cu]. The van der Waals surface area contributed by atoms with Gasteiger partial charge in [0.15, 0.2) is 0 Å². The van der Waals surface area contributed by atoms with E-state index in [4.69, 9.17) is 3.83 Å². The van der Waals surface area contributed by atoms with Gasteiger partial charge >= 0.3 is 68.7 Å². The molecular weight excluding hydrogens is 417 g/mol. The van der Waals surface area contributed by atoms with Crippen molar-refractivity contribution in [1.29, 1.82) is 0 Å². The second-order valence-electron chi connectivity index (χ2n) is 0. The molecule has 0 bridgehead atoms. The Morgan fingerprint density at radius 1 is 1.25 bits per heavy atom. The third-order valence-electron chi connectivity index (χ3n) is 0. The fourth-order valence-electron chi connectivity index (χ4n) is 0. The van der Waals surface area contributed by atoms with Crippen LogP contribution in [0, 0.1) is 0 Å². The number of hydrogen-bond acceptors (Lipinski definition) is 1. The molecule has 0 aromatic rings. The van der Waals surface area contributed by atoms with Crippen LogP contribution >= 0.6 is 0 Å². The molecule has 0 aliphatic rings. The summed E-state index contributed by atoms with van der Waals surface area (Å²) < 4.78 is 7.81. The first-order chi connectivity index (χ1) is 1.00. The van der Waals surface area contributed by atoms with Crippen LogP contribution in [0.25, 0.3) is 0 Å². The Morgan fingerprint density at radius 2 is 1.25 bits per heavy atom. The van der Waals surface area contributed by atoms with Crippen LogP contribution in [-0.2, 0) is 47.4 Å². The van der Waals surface area contributed by atoms with Gasteiger partial charge in [0, 0.05) is 27.7 Å². The summed E-state index contributed by atoms with van der Waals surface area (Å²) in [6.45, 7) is 0. The Labute approximate surface area is 93.9 Å². The van der Waals surface area contributed by atoms with Gasteiger partial charge in [-0.2, -0.15) is 0 Å². The molecule has 0 saturated heterocycles. The predicted octanol–water partition coefficient (Wildman–Crippen LogP) is -1.04. The molecule has 0 amide bonds. The second kappa shape index (κ2) is 17.0. The van der Waals surface area contributed by atoms with Crippen LogP contribution in [0.5, 0.6) is 0 Å². The van der Waals surface area contributed by atoms with Crippen molar-refractivity contribution in [3.05, 3.63) is 0 Å². The summed E-state index contributed by atoms with van der Waals surface area (Å²) in [7, 11) is 0. The van der Waals surface area contributed by atoms with Crippen molar-refractivity contribution in [3.63, 3.8) is 0 Å². The molecule has 4 heteroatoms. The van der Waals surface area contributed by atoms with Crippen LogP contribution in [-0.4, -0.2) is 48.9 Å². The van der Waals surface area contributed by atoms with Crippen LogP contribution in [0.3, 0.4) is 0 Å². The molecule has 0 N–H and O–H groups in total. The molecule has 0 radical (unpaired) electrons. The summed E-state index contributed by atoms with van der Waals surface area (Å²) in [5.74, 6) is 0. The normalized spacial score (nSPS) is 1.50. The first kappa shape index (κ1) is 15.8. The summed E-state index contributed by atoms with van der Waals surface area (Å²) in [5.41, 5.74) is 0. The molecule has 0 rings (SSSR count). The molecular formula is H2BaCuHgO. The van der Waals surface area contributed by atoms with Crippen molar-refractivity contribution in [2.45, 2.75) is 0 Å². The van der Waals surface area contributed by atoms with Crippen LogP contribution in [0.15, 0.2) is 0 Å². The fourth-order valence-corrected chi connectivity index (χ4v) is 0. The van der Waals surface area contributed by atoms with E-state index in [0.717, 1.165) is 0 Å². The topological polar surface area (TPSA) is 17.1 Å². The van der Waals surface area contributed by atoms with Crippen LogP contribution in [0.2, 0.25) is 0 Å². The average molecular weight is 419 g/mol. The molecule has 0 unspecified atom stereocenters. The fraction of sp³-hybridized carbons (Fsp3) is 0. The van der Waals surface area contributed by atoms with E-state index in [0.29, 0.717) is 0 Å². The molecule has 0 aliphatic carbocycles. The van der Waals surface area contributed by atoms with Gasteiger partial charge in [-0.25, -0.2) is 0 Å². The van der Waals surface area contributed by atoms with Gasteiger partial charge in [-0.3, -0.25) is 0 Å². The molecule has 1 nitrogen and oxygen atoms in total. The quantitative estimate of drug-likeness (QED) is 0.459. The van der Waals surface area contributed by atoms with Crippen molar-refractivity contribution in [3.8, 4) is 0 Å². The molecule has 0 aliphatic heterocycles. The summed E-state index contributed by atoms with van der Waals surface area (Å²) in [6.07, 6.45) is 0. The summed E-state index contributed by atoms with van der Waals surface area (Å²) in [5, 5.41) is 0. The van der Waals surface area contributed by atoms with E-state index in [1.165, 1.54) is 0 Å². The maximum atomic E-state index is 7.81. The van der Waals surface area contributed by atoms with Crippen molar-refractivity contribution >= 4 is 48.9 Å². The van der Waals surface area contributed by atoms with E-state index >= 15 is 0 Å². The zero-order valence-corrected chi connectivity index (χ0v) is 7.86. The van der Waals surface area contributed by atoms with Gasteiger partial charge in [-0.1, -0.05) is 0 Å². The zero-order chi connectivity index (χ0) is 2.00. The minimum atomic E-state index is 0.